The Kier molecular flexibility index (Phi) is 2.79. The topological polar surface area (TPSA) is 29.5 Å². The van der Waals surface area contributed by atoms with Gasteiger partial charge in [-0.1, -0.05) is 18.2 Å². The summed E-state index contributed by atoms with van der Waals surface area (Å²) < 4.78 is 18.4. The molecule has 0 radical (unpaired) electrons. The molecule has 0 bridgehead atoms. The van der Waals surface area contributed by atoms with E-state index in [0.717, 1.165) is 6.42 Å². The summed E-state index contributed by atoms with van der Waals surface area (Å²) >= 11 is 0. The van der Waals surface area contributed by atoms with Gasteiger partial charge in [-0.05, 0) is 12.5 Å². The van der Waals surface area contributed by atoms with Crippen molar-refractivity contribution in [1.82, 2.24) is 0 Å². The molecule has 0 aliphatic carbocycles. The lowest BCUT2D eigenvalue weighted by molar-refractivity contribution is 0.0889. The van der Waals surface area contributed by atoms with Crippen molar-refractivity contribution in [3.63, 3.8) is 0 Å². The highest BCUT2D eigenvalue weighted by atomic mass is 19.1. The van der Waals surface area contributed by atoms with Gasteiger partial charge in [0, 0.05) is 18.1 Å². The Morgan fingerprint density at radius 3 is 2.86 bits per heavy atom. The molecule has 0 spiro atoms. The van der Waals surface area contributed by atoms with E-state index < -0.39 is 6.10 Å². The molecule has 1 aromatic rings. The summed E-state index contributed by atoms with van der Waals surface area (Å²) in [6, 6.07) is 6.35. The largest absolute Gasteiger partial charge is 0.388 e. The second kappa shape index (κ2) is 4.07. The van der Waals surface area contributed by atoms with Gasteiger partial charge in [-0.2, -0.15) is 0 Å². The predicted molar refractivity (Wildman–Crippen MR) is 50.3 cm³/mol. The van der Waals surface area contributed by atoms with Crippen molar-refractivity contribution in [3.8, 4) is 0 Å². The molecule has 1 aliphatic rings. The van der Waals surface area contributed by atoms with E-state index in [4.69, 9.17) is 4.74 Å². The van der Waals surface area contributed by atoms with E-state index in [-0.39, 0.29) is 11.7 Å². The molecule has 1 N–H and O–H groups in total. The Labute approximate surface area is 82.3 Å². The molecule has 0 amide bonds. The van der Waals surface area contributed by atoms with Crippen LogP contribution in [0.5, 0.6) is 0 Å². The van der Waals surface area contributed by atoms with Crippen molar-refractivity contribution < 1.29 is 14.2 Å². The molecular weight excluding hydrogens is 183 g/mol. The fraction of sp³-hybridized carbons (Fsp3) is 0.455. The van der Waals surface area contributed by atoms with Crippen molar-refractivity contribution in [3.05, 3.63) is 35.6 Å². The zero-order valence-corrected chi connectivity index (χ0v) is 7.82. The lowest BCUT2D eigenvalue weighted by atomic mass is 9.95. The zero-order chi connectivity index (χ0) is 9.97. The number of benzene rings is 1. The molecule has 2 atom stereocenters. The third-order valence-electron chi connectivity index (χ3n) is 2.64. The standard InChI is InChI=1S/C11H13FO2/c12-10-4-2-1-3-9(10)11(13)8-5-6-14-7-8/h1-4,8,11,13H,5-7H2. The van der Waals surface area contributed by atoms with Crippen LogP contribution in [0.25, 0.3) is 0 Å². The summed E-state index contributed by atoms with van der Waals surface area (Å²) in [5.74, 6) is -0.307. The molecule has 1 heterocycles. The second-order valence-corrected chi connectivity index (χ2v) is 3.59. The monoisotopic (exact) mass is 196 g/mol. The molecule has 2 nitrogen and oxygen atoms in total. The summed E-state index contributed by atoms with van der Waals surface area (Å²) in [7, 11) is 0. The highest BCUT2D eigenvalue weighted by Gasteiger charge is 2.26. The van der Waals surface area contributed by atoms with Gasteiger partial charge in [-0.15, -0.1) is 0 Å². The van der Waals surface area contributed by atoms with Crippen LogP contribution in [0.2, 0.25) is 0 Å². The van der Waals surface area contributed by atoms with E-state index in [1.165, 1.54) is 6.07 Å². The fourth-order valence-electron chi connectivity index (χ4n) is 1.77. The highest BCUT2D eigenvalue weighted by molar-refractivity contribution is 5.20. The lowest BCUT2D eigenvalue weighted by Crippen LogP contribution is -2.13. The molecule has 0 aromatic heterocycles. The molecule has 2 rings (SSSR count). The lowest BCUT2D eigenvalue weighted by Gasteiger charge is -2.17. The maximum atomic E-state index is 13.3. The van der Waals surface area contributed by atoms with E-state index in [9.17, 15) is 9.50 Å². The fourth-order valence-corrected chi connectivity index (χ4v) is 1.77. The molecule has 76 valence electrons. The number of halogens is 1. The van der Waals surface area contributed by atoms with E-state index in [2.05, 4.69) is 0 Å². The molecule has 1 aromatic carbocycles. The Morgan fingerprint density at radius 2 is 2.21 bits per heavy atom. The van der Waals surface area contributed by atoms with Crippen LogP contribution >= 0.6 is 0 Å². The average molecular weight is 196 g/mol. The van der Waals surface area contributed by atoms with Crippen molar-refractivity contribution in [1.29, 1.82) is 0 Å². The van der Waals surface area contributed by atoms with Gasteiger partial charge >= 0.3 is 0 Å². The minimum atomic E-state index is -0.737. The predicted octanol–water partition coefficient (Wildman–Crippen LogP) is 1.90. The molecule has 1 saturated heterocycles. The average Bonchev–Trinajstić information content (AvgIpc) is 2.70. The van der Waals surface area contributed by atoms with Crippen LogP contribution in [-0.2, 0) is 4.74 Å². The summed E-state index contributed by atoms with van der Waals surface area (Å²) in [4.78, 5) is 0. The van der Waals surface area contributed by atoms with E-state index in [0.29, 0.717) is 18.8 Å². The first-order valence-electron chi connectivity index (χ1n) is 4.79. The number of ether oxygens (including phenoxy) is 1. The summed E-state index contributed by atoms with van der Waals surface area (Å²) in [6.45, 7) is 1.19. The van der Waals surface area contributed by atoms with Gasteiger partial charge in [0.2, 0.25) is 0 Å². The first-order valence-corrected chi connectivity index (χ1v) is 4.79. The minimum absolute atomic E-state index is 0.0342. The second-order valence-electron chi connectivity index (χ2n) is 3.59. The van der Waals surface area contributed by atoms with Crippen LogP contribution in [0, 0.1) is 11.7 Å². The van der Waals surface area contributed by atoms with E-state index in [1.807, 2.05) is 0 Å². The third-order valence-corrected chi connectivity index (χ3v) is 2.64. The van der Waals surface area contributed by atoms with Crippen LogP contribution < -0.4 is 0 Å². The molecule has 0 saturated carbocycles. The van der Waals surface area contributed by atoms with Gasteiger partial charge in [0.1, 0.15) is 5.82 Å². The maximum absolute atomic E-state index is 13.3. The number of hydrogen-bond donors (Lipinski definition) is 1. The van der Waals surface area contributed by atoms with Crippen molar-refractivity contribution in [2.24, 2.45) is 5.92 Å². The zero-order valence-electron chi connectivity index (χ0n) is 7.82. The van der Waals surface area contributed by atoms with Gasteiger partial charge < -0.3 is 9.84 Å². The van der Waals surface area contributed by atoms with Gasteiger partial charge in [-0.25, -0.2) is 4.39 Å². The molecule has 1 fully saturated rings. The quantitative estimate of drug-likeness (QED) is 0.782. The number of hydrogen-bond acceptors (Lipinski definition) is 2. The van der Waals surface area contributed by atoms with Gasteiger partial charge in [0.15, 0.2) is 0 Å². The molecule has 14 heavy (non-hydrogen) atoms. The normalized spacial score (nSPS) is 23.7. The Hall–Kier alpha value is -0.930. The minimum Gasteiger partial charge on any atom is -0.388 e. The third kappa shape index (κ3) is 1.79. The van der Waals surface area contributed by atoms with Crippen LogP contribution in [0.4, 0.5) is 4.39 Å². The summed E-state index contributed by atoms with van der Waals surface area (Å²) in [6.07, 6.45) is 0.0638. The van der Waals surface area contributed by atoms with Crippen LogP contribution in [-0.4, -0.2) is 18.3 Å². The first-order chi connectivity index (χ1) is 6.79. The molecule has 3 heteroatoms. The number of aliphatic hydroxyl groups is 1. The van der Waals surface area contributed by atoms with E-state index in [1.54, 1.807) is 18.2 Å². The maximum Gasteiger partial charge on any atom is 0.129 e. The molecular formula is C11H13FO2. The van der Waals surface area contributed by atoms with Crippen molar-refractivity contribution in [2.75, 3.05) is 13.2 Å². The number of rotatable bonds is 2. The summed E-state index contributed by atoms with van der Waals surface area (Å²) in [5.41, 5.74) is 0.378. The smallest absolute Gasteiger partial charge is 0.129 e. The van der Waals surface area contributed by atoms with Crippen molar-refractivity contribution in [2.45, 2.75) is 12.5 Å². The van der Waals surface area contributed by atoms with Crippen LogP contribution in [0.3, 0.4) is 0 Å². The van der Waals surface area contributed by atoms with Crippen molar-refractivity contribution >= 4 is 0 Å². The SMILES string of the molecule is OC(c1ccccc1F)C1CCOC1. The highest BCUT2D eigenvalue weighted by Crippen LogP contribution is 2.29. The molecule has 2 unspecified atom stereocenters. The van der Waals surface area contributed by atoms with E-state index >= 15 is 0 Å². The first kappa shape index (κ1) is 9.62. The van der Waals surface area contributed by atoms with Gasteiger partial charge in [0.25, 0.3) is 0 Å². The molecule has 1 aliphatic heterocycles. The summed E-state index contributed by atoms with van der Waals surface area (Å²) in [5, 5.41) is 9.88. The Bertz CT molecular complexity index is 308. The van der Waals surface area contributed by atoms with Crippen LogP contribution in [0.15, 0.2) is 24.3 Å². The Balaban J connectivity index is 2.17. The van der Waals surface area contributed by atoms with Gasteiger partial charge in [-0.3, -0.25) is 0 Å². The van der Waals surface area contributed by atoms with Gasteiger partial charge in [0.05, 0.1) is 12.7 Å². The number of aliphatic hydroxyl groups excluding tert-OH is 1. The van der Waals surface area contributed by atoms with Crippen LogP contribution in [0.1, 0.15) is 18.1 Å². The Morgan fingerprint density at radius 1 is 1.43 bits per heavy atom.